The summed E-state index contributed by atoms with van der Waals surface area (Å²) in [5, 5.41) is 9.19. The molecular formula is C23H35IN6O3. The number of nitrogens with zero attached hydrogens (tertiary/aromatic N) is 2. The normalized spacial score (nSPS) is 18.5. The Morgan fingerprint density at radius 3 is 2.42 bits per heavy atom. The predicted molar refractivity (Wildman–Crippen MR) is 138 cm³/mol. The highest BCUT2D eigenvalue weighted by Gasteiger charge is 2.32. The van der Waals surface area contributed by atoms with Crippen LogP contribution in [0.2, 0.25) is 0 Å². The van der Waals surface area contributed by atoms with Gasteiger partial charge >= 0.3 is 0 Å². The SMILES string of the molecule is CCNC(=NCc1ccc(C(=O)NCC(N)=O)cc1)NC1CCN(C(=O)C2CCCC2)C1.I. The van der Waals surface area contributed by atoms with Crippen molar-refractivity contribution in [2.45, 2.75) is 51.6 Å². The number of benzene rings is 1. The highest BCUT2D eigenvalue weighted by Crippen LogP contribution is 2.27. The van der Waals surface area contributed by atoms with Gasteiger partial charge in [-0.1, -0.05) is 25.0 Å². The van der Waals surface area contributed by atoms with Crippen LogP contribution in [0.1, 0.15) is 54.9 Å². The molecule has 1 aromatic rings. The van der Waals surface area contributed by atoms with Crippen molar-refractivity contribution in [1.82, 2.24) is 20.9 Å². The molecule has 5 N–H and O–H groups in total. The number of guanidine groups is 1. The Bertz CT molecular complexity index is 839. The maximum atomic E-state index is 12.7. The summed E-state index contributed by atoms with van der Waals surface area (Å²) in [6, 6.07) is 7.26. The number of halogens is 1. The van der Waals surface area contributed by atoms with Gasteiger partial charge in [-0.05, 0) is 43.9 Å². The van der Waals surface area contributed by atoms with E-state index in [2.05, 4.69) is 20.9 Å². The van der Waals surface area contributed by atoms with Crippen LogP contribution < -0.4 is 21.7 Å². The van der Waals surface area contributed by atoms with Crippen molar-refractivity contribution in [3.05, 3.63) is 35.4 Å². The molecule has 3 amide bonds. The van der Waals surface area contributed by atoms with E-state index in [-0.39, 0.29) is 48.4 Å². The number of amides is 3. The van der Waals surface area contributed by atoms with Gasteiger partial charge in [0.15, 0.2) is 5.96 Å². The van der Waals surface area contributed by atoms with Gasteiger partial charge in [-0.25, -0.2) is 4.99 Å². The van der Waals surface area contributed by atoms with Crippen LogP contribution in [0.4, 0.5) is 0 Å². The van der Waals surface area contributed by atoms with Crippen LogP contribution in [-0.4, -0.2) is 60.8 Å². The molecule has 1 aliphatic carbocycles. The molecule has 0 spiro atoms. The van der Waals surface area contributed by atoms with E-state index in [1.807, 2.05) is 24.0 Å². The molecule has 1 unspecified atom stereocenters. The largest absolute Gasteiger partial charge is 0.368 e. The number of hydrogen-bond acceptors (Lipinski definition) is 4. The van der Waals surface area contributed by atoms with Crippen molar-refractivity contribution in [3.8, 4) is 0 Å². The second kappa shape index (κ2) is 13.4. The Kier molecular flexibility index (Phi) is 10.9. The van der Waals surface area contributed by atoms with E-state index >= 15 is 0 Å². The first-order chi connectivity index (χ1) is 15.5. The lowest BCUT2D eigenvalue weighted by Crippen LogP contribution is -2.45. The second-order valence-electron chi connectivity index (χ2n) is 8.44. The van der Waals surface area contributed by atoms with Crippen LogP contribution in [-0.2, 0) is 16.1 Å². The van der Waals surface area contributed by atoms with Crippen LogP contribution in [0.15, 0.2) is 29.3 Å². The number of hydrogen-bond donors (Lipinski definition) is 4. The van der Waals surface area contributed by atoms with Gasteiger partial charge in [0.25, 0.3) is 5.91 Å². The zero-order valence-corrected chi connectivity index (χ0v) is 21.5. The van der Waals surface area contributed by atoms with E-state index in [0.717, 1.165) is 50.4 Å². The quantitative estimate of drug-likeness (QED) is 0.213. The molecule has 9 nitrogen and oxygen atoms in total. The predicted octanol–water partition coefficient (Wildman–Crippen LogP) is 1.37. The third-order valence-corrected chi connectivity index (χ3v) is 5.95. The lowest BCUT2D eigenvalue weighted by molar-refractivity contribution is -0.134. The van der Waals surface area contributed by atoms with E-state index in [9.17, 15) is 14.4 Å². The van der Waals surface area contributed by atoms with Crippen LogP contribution >= 0.6 is 24.0 Å². The summed E-state index contributed by atoms with van der Waals surface area (Å²) >= 11 is 0. The lowest BCUT2D eigenvalue weighted by atomic mass is 10.1. The molecule has 182 valence electrons. The van der Waals surface area contributed by atoms with Gasteiger partial charge in [0.05, 0.1) is 13.1 Å². The van der Waals surface area contributed by atoms with Gasteiger partial charge in [0, 0.05) is 37.2 Å². The Balaban J connectivity index is 0.00000385. The molecule has 0 bridgehead atoms. The topological polar surface area (TPSA) is 129 Å². The minimum Gasteiger partial charge on any atom is -0.368 e. The molecule has 3 rings (SSSR count). The molecule has 1 saturated heterocycles. The summed E-state index contributed by atoms with van der Waals surface area (Å²) in [5.74, 6) is 0.328. The van der Waals surface area contributed by atoms with Crippen molar-refractivity contribution >= 4 is 47.7 Å². The van der Waals surface area contributed by atoms with Crippen LogP contribution in [0.5, 0.6) is 0 Å². The van der Waals surface area contributed by atoms with E-state index in [0.29, 0.717) is 18.0 Å². The number of aliphatic imine (C=N–C) groups is 1. The minimum atomic E-state index is -0.582. The first-order valence-electron chi connectivity index (χ1n) is 11.4. The number of carbonyl (C=O) groups is 3. The van der Waals surface area contributed by atoms with E-state index in [4.69, 9.17) is 5.73 Å². The van der Waals surface area contributed by atoms with Gasteiger partial charge in [-0.15, -0.1) is 24.0 Å². The second-order valence-corrected chi connectivity index (χ2v) is 8.44. The Hall–Kier alpha value is -2.37. The van der Waals surface area contributed by atoms with Crippen molar-refractivity contribution in [2.24, 2.45) is 16.6 Å². The number of carbonyl (C=O) groups excluding carboxylic acids is 3. The first kappa shape index (κ1) is 26.9. The minimum absolute atomic E-state index is 0. The summed E-state index contributed by atoms with van der Waals surface area (Å²) in [6.45, 7) is 4.54. The van der Waals surface area contributed by atoms with Crippen LogP contribution in [0.3, 0.4) is 0 Å². The van der Waals surface area contributed by atoms with E-state index in [1.54, 1.807) is 12.1 Å². The number of rotatable bonds is 8. The zero-order chi connectivity index (χ0) is 22.9. The lowest BCUT2D eigenvalue weighted by Gasteiger charge is -2.21. The highest BCUT2D eigenvalue weighted by atomic mass is 127. The summed E-state index contributed by atoms with van der Waals surface area (Å²) in [7, 11) is 0. The van der Waals surface area contributed by atoms with Crippen molar-refractivity contribution in [2.75, 3.05) is 26.2 Å². The summed E-state index contributed by atoms with van der Waals surface area (Å²) < 4.78 is 0. The molecule has 33 heavy (non-hydrogen) atoms. The van der Waals surface area contributed by atoms with Gasteiger partial charge < -0.3 is 26.6 Å². The molecule has 1 saturated carbocycles. The van der Waals surface area contributed by atoms with Crippen LogP contribution in [0, 0.1) is 5.92 Å². The summed E-state index contributed by atoms with van der Waals surface area (Å²) in [4.78, 5) is 42.1. The third-order valence-electron chi connectivity index (χ3n) is 5.95. The van der Waals surface area contributed by atoms with Crippen molar-refractivity contribution < 1.29 is 14.4 Å². The van der Waals surface area contributed by atoms with Gasteiger partial charge in [-0.2, -0.15) is 0 Å². The van der Waals surface area contributed by atoms with Crippen molar-refractivity contribution in [3.63, 3.8) is 0 Å². The molecule has 2 aliphatic rings. The monoisotopic (exact) mass is 570 g/mol. The average Bonchev–Trinajstić information content (AvgIpc) is 3.48. The average molecular weight is 570 g/mol. The Morgan fingerprint density at radius 1 is 1.09 bits per heavy atom. The molecular weight excluding hydrogens is 535 g/mol. The van der Waals surface area contributed by atoms with Crippen LogP contribution in [0.25, 0.3) is 0 Å². The van der Waals surface area contributed by atoms with Crippen molar-refractivity contribution in [1.29, 1.82) is 0 Å². The highest BCUT2D eigenvalue weighted by molar-refractivity contribution is 14.0. The van der Waals surface area contributed by atoms with E-state index < -0.39 is 5.91 Å². The molecule has 1 atom stereocenters. The first-order valence-corrected chi connectivity index (χ1v) is 11.4. The zero-order valence-electron chi connectivity index (χ0n) is 19.1. The standard InChI is InChI=1S/C23H34N6O3.HI/c1-2-25-23(28-19-11-12-29(15-19)22(32)18-5-3-4-6-18)27-13-16-7-9-17(10-8-16)21(31)26-14-20(24)30;/h7-10,18-19H,2-6,11-15H2,1H3,(H2,24,30)(H,26,31)(H2,25,27,28);1H. The Morgan fingerprint density at radius 2 is 1.79 bits per heavy atom. The third kappa shape index (κ3) is 8.17. The summed E-state index contributed by atoms with van der Waals surface area (Å²) in [5.41, 5.74) is 6.46. The molecule has 2 fully saturated rings. The fourth-order valence-electron chi connectivity index (χ4n) is 4.22. The summed E-state index contributed by atoms with van der Waals surface area (Å²) in [6.07, 6.45) is 5.31. The van der Waals surface area contributed by atoms with E-state index in [1.165, 1.54) is 12.8 Å². The molecule has 1 aromatic carbocycles. The fourth-order valence-corrected chi connectivity index (χ4v) is 4.22. The Labute approximate surface area is 212 Å². The number of likely N-dealkylation sites (tertiary alicyclic amines) is 1. The molecule has 10 heteroatoms. The molecule has 0 aromatic heterocycles. The maximum Gasteiger partial charge on any atom is 0.251 e. The molecule has 1 heterocycles. The van der Waals surface area contributed by atoms with Gasteiger partial charge in [0.1, 0.15) is 0 Å². The maximum absolute atomic E-state index is 12.7. The number of primary amides is 1. The fraction of sp³-hybridized carbons (Fsp3) is 0.565. The molecule has 1 aliphatic heterocycles. The smallest absolute Gasteiger partial charge is 0.251 e. The number of nitrogens with two attached hydrogens (primary N) is 1. The molecule has 0 radical (unpaired) electrons. The number of nitrogens with one attached hydrogen (secondary N) is 3. The van der Waals surface area contributed by atoms with Gasteiger partial charge in [0.2, 0.25) is 11.8 Å². The van der Waals surface area contributed by atoms with Gasteiger partial charge in [-0.3, -0.25) is 14.4 Å².